The number of methoxy groups -OCH3 is 1. The van der Waals surface area contributed by atoms with Crippen molar-refractivity contribution in [1.82, 2.24) is 4.90 Å². The summed E-state index contributed by atoms with van der Waals surface area (Å²) in [6, 6.07) is 0.238. The van der Waals surface area contributed by atoms with Gasteiger partial charge in [-0.2, -0.15) is 0 Å². The van der Waals surface area contributed by atoms with Crippen molar-refractivity contribution >= 4 is 34.3 Å². The van der Waals surface area contributed by atoms with Crippen LogP contribution in [-0.4, -0.2) is 40.6 Å². The Kier molecular flexibility index (Phi) is 6.89. The molecule has 98 valence electrons. The second-order valence-corrected chi connectivity index (χ2v) is 5.92. The third-order valence-electron chi connectivity index (χ3n) is 2.96. The summed E-state index contributed by atoms with van der Waals surface area (Å²) in [6.45, 7) is 3.18. The van der Waals surface area contributed by atoms with E-state index >= 15 is 0 Å². The highest BCUT2D eigenvalue weighted by Gasteiger charge is 2.30. The third kappa shape index (κ3) is 4.84. The SMILES string of the molecule is CCCCCCN1C(=S)SCC1CC(=O)OC. The summed E-state index contributed by atoms with van der Waals surface area (Å²) < 4.78 is 5.66. The second-order valence-electron chi connectivity index (χ2n) is 4.27. The van der Waals surface area contributed by atoms with Crippen LogP contribution in [0.4, 0.5) is 0 Å². The average Bonchev–Trinajstić information content (AvgIpc) is 2.66. The van der Waals surface area contributed by atoms with Crippen molar-refractivity contribution in [3.8, 4) is 0 Å². The number of carbonyl (C=O) groups is 1. The minimum Gasteiger partial charge on any atom is -0.469 e. The summed E-state index contributed by atoms with van der Waals surface area (Å²) >= 11 is 7.00. The van der Waals surface area contributed by atoms with E-state index in [9.17, 15) is 4.79 Å². The summed E-state index contributed by atoms with van der Waals surface area (Å²) in [4.78, 5) is 13.5. The van der Waals surface area contributed by atoms with Crippen LogP contribution < -0.4 is 0 Å². The smallest absolute Gasteiger partial charge is 0.307 e. The van der Waals surface area contributed by atoms with Crippen LogP contribution >= 0.6 is 24.0 Å². The molecule has 0 aromatic carbocycles. The molecule has 1 aliphatic rings. The van der Waals surface area contributed by atoms with Crippen LogP contribution in [0.5, 0.6) is 0 Å². The van der Waals surface area contributed by atoms with E-state index in [2.05, 4.69) is 11.8 Å². The molecule has 0 bridgehead atoms. The van der Waals surface area contributed by atoms with Crippen LogP contribution in [0.3, 0.4) is 0 Å². The van der Waals surface area contributed by atoms with Gasteiger partial charge in [-0.15, -0.1) is 0 Å². The second kappa shape index (κ2) is 7.93. The van der Waals surface area contributed by atoms with E-state index in [0.29, 0.717) is 6.42 Å². The fraction of sp³-hybridized carbons (Fsp3) is 0.833. The molecule has 0 amide bonds. The van der Waals surface area contributed by atoms with Crippen LogP contribution in [-0.2, 0) is 9.53 Å². The first-order valence-electron chi connectivity index (χ1n) is 6.19. The van der Waals surface area contributed by atoms with Gasteiger partial charge in [0, 0.05) is 12.3 Å². The van der Waals surface area contributed by atoms with Gasteiger partial charge in [0.05, 0.1) is 19.6 Å². The first-order chi connectivity index (χ1) is 8.19. The molecule has 1 atom stereocenters. The minimum atomic E-state index is -0.140. The zero-order chi connectivity index (χ0) is 12.7. The number of esters is 1. The predicted molar refractivity (Wildman–Crippen MR) is 76.3 cm³/mol. The predicted octanol–water partition coefficient (Wildman–Crippen LogP) is 2.83. The number of ether oxygens (including phenoxy) is 1. The van der Waals surface area contributed by atoms with Gasteiger partial charge < -0.3 is 9.64 Å². The number of carbonyl (C=O) groups excluding carboxylic acids is 1. The minimum absolute atomic E-state index is 0.140. The normalized spacial score (nSPS) is 19.8. The van der Waals surface area contributed by atoms with Gasteiger partial charge in [0.15, 0.2) is 0 Å². The number of nitrogens with zero attached hydrogens (tertiary/aromatic N) is 1. The van der Waals surface area contributed by atoms with Crippen LogP contribution in [0.15, 0.2) is 0 Å². The van der Waals surface area contributed by atoms with E-state index in [-0.39, 0.29) is 12.0 Å². The van der Waals surface area contributed by atoms with Crippen molar-refractivity contribution in [2.45, 2.75) is 45.1 Å². The van der Waals surface area contributed by atoms with Gasteiger partial charge >= 0.3 is 5.97 Å². The molecule has 1 aliphatic heterocycles. The van der Waals surface area contributed by atoms with E-state index in [4.69, 9.17) is 17.0 Å². The Morgan fingerprint density at radius 3 is 2.94 bits per heavy atom. The van der Waals surface area contributed by atoms with E-state index in [1.165, 1.54) is 26.4 Å². The van der Waals surface area contributed by atoms with Gasteiger partial charge in [-0.25, -0.2) is 0 Å². The summed E-state index contributed by atoms with van der Waals surface area (Å²) in [5, 5.41) is 0. The molecular weight excluding hydrogens is 254 g/mol. The highest BCUT2D eigenvalue weighted by molar-refractivity contribution is 8.23. The van der Waals surface area contributed by atoms with E-state index in [1.807, 2.05) is 0 Å². The van der Waals surface area contributed by atoms with Crippen LogP contribution in [0, 0.1) is 0 Å². The molecule has 1 heterocycles. The van der Waals surface area contributed by atoms with Crippen molar-refractivity contribution in [2.75, 3.05) is 19.4 Å². The molecule has 0 spiro atoms. The zero-order valence-corrected chi connectivity index (χ0v) is 12.2. The van der Waals surface area contributed by atoms with Crippen molar-refractivity contribution in [3.63, 3.8) is 0 Å². The first-order valence-corrected chi connectivity index (χ1v) is 7.58. The highest BCUT2D eigenvalue weighted by Crippen LogP contribution is 2.27. The molecule has 17 heavy (non-hydrogen) atoms. The quantitative estimate of drug-likeness (QED) is 0.405. The maximum Gasteiger partial charge on any atom is 0.307 e. The van der Waals surface area contributed by atoms with Gasteiger partial charge in [0.25, 0.3) is 0 Å². The maximum atomic E-state index is 11.3. The average molecular weight is 275 g/mol. The fourth-order valence-electron chi connectivity index (χ4n) is 1.92. The van der Waals surface area contributed by atoms with Crippen LogP contribution in [0.25, 0.3) is 0 Å². The topological polar surface area (TPSA) is 29.5 Å². The number of hydrogen-bond acceptors (Lipinski definition) is 4. The molecule has 1 saturated heterocycles. The summed E-state index contributed by atoms with van der Waals surface area (Å²) in [5.74, 6) is 0.778. The van der Waals surface area contributed by atoms with Crippen molar-refractivity contribution in [3.05, 3.63) is 0 Å². The molecule has 1 rings (SSSR count). The van der Waals surface area contributed by atoms with Crippen molar-refractivity contribution in [1.29, 1.82) is 0 Å². The Balaban J connectivity index is 2.36. The molecule has 0 N–H and O–H groups in total. The highest BCUT2D eigenvalue weighted by atomic mass is 32.2. The monoisotopic (exact) mass is 275 g/mol. The molecule has 0 aromatic heterocycles. The number of hydrogen-bond donors (Lipinski definition) is 0. The first kappa shape index (κ1) is 14.8. The van der Waals surface area contributed by atoms with Gasteiger partial charge in [0.2, 0.25) is 0 Å². The molecule has 0 aromatic rings. The third-order valence-corrected chi connectivity index (χ3v) is 4.58. The molecule has 1 fully saturated rings. The molecular formula is C12H21NO2S2. The zero-order valence-electron chi connectivity index (χ0n) is 10.6. The lowest BCUT2D eigenvalue weighted by Gasteiger charge is -2.24. The lowest BCUT2D eigenvalue weighted by atomic mass is 10.1. The molecule has 1 unspecified atom stereocenters. The Morgan fingerprint density at radius 2 is 2.29 bits per heavy atom. The standard InChI is InChI=1S/C12H21NO2S2/c1-3-4-5-6-7-13-10(8-11(14)15-2)9-17-12(13)16/h10H,3-9H2,1-2H3. The number of unbranched alkanes of at least 4 members (excludes halogenated alkanes) is 3. The lowest BCUT2D eigenvalue weighted by molar-refractivity contribution is -0.141. The maximum absolute atomic E-state index is 11.3. The number of thioether (sulfide) groups is 1. The largest absolute Gasteiger partial charge is 0.469 e. The van der Waals surface area contributed by atoms with Crippen molar-refractivity contribution < 1.29 is 9.53 Å². The fourth-order valence-corrected chi connectivity index (χ4v) is 3.40. The van der Waals surface area contributed by atoms with Gasteiger partial charge in [-0.3, -0.25) is 4.79 Å². The van der Waals surface area contributed by atoms with Gasteiger partial charge in [0.1, 0.15) is 4.32 Å². The van der Waals surface area contributed by atoms with Crippen molar-refractivity contribution in [2.24, 2.45) is 0 Å². The van der Waals surface area contributed by atoms with Gasteiger partial charge in [-0.05, 0) is 6.42 Å². The van der Waals surface area contributed by atoms with Crippen LogP contribution in [0.1, 0.15) is 39.0 Å². The van der Waals surface area contributed by atoms with E-state index in [1.54, 1.807) is 11.8 Å². The Bertz CT molecular complexity index is 271. The molecule has 0 saturated carbocycles. The van der Waals surface area contributed by atoms with Gasteiger partial charge in [-0.1, -0.05) is 50.2 Å². The summed E-state index contributed by atoms with van der Waals surface area (Å²) in [6.07, 6.45) is 5.37. The van der Waals surface area contributed by atoms with E-state index < -0.39 is 0 Å². The Hall–Kier alpha value is -0.290. The summed E-state index contributed by atoms with van der Waals surface area (Å²) in [5.41, 5.74) is 0. The lowest BCUT2D eigenvalue weighted by Crippen LogP contribution is -2.35. The summed E-state index contributed by atoms with van der Waals surface area (Å²) in [7, 11) is 1.44. The van der Waals surface area contributed by atoms with E-state index in [0.717, 1.165) is 23.0 Å². The Morgan fingerprint density at radius 1 is 1.53 bits per heavy atom. The molecule has 3 nitrogen and oxygen atoms in total. The Labute approximate surface area is 113 Å². The molecule has 0 radical (unpaired) electrons. The van der Waals surface area contributed by atoms with Crippen LogP contribution in [0.2, 0.25) is 0 Å². The molecule has 0 aliphatic carbocycles. The number of rotatable bonds is 7. The molecule has 5 heteroatoms. The number of thiocarbonyl (C=S) groups is 1.